The summed E-state index contributed by atoms with van der Waals surface area (Å²) in [7, 11) is 0. The second kappa shape index (κ2) is 6.96. The molecule has 25 heavy (non-hydrogen) atoms. The fraction of sp³-hybridized carbons (Fsp3) is 0.350. The van der Waals surface area contributed by atoms with Crippen LogP contribution in [0.1, 0.15) is 24.0 Å². The molecule has 0 radical (unpaired) electrons. The number of amides is 1. The monoisotopic (exact) mass is 357 g/mol. The first-order chi connectivity index (χ1) is 12.2. The maximum absolute atomic E-state index is 12.9. The number of hydrogen-bond donors (Lipinski definition) is 0. The van der Waals surface area contributed by atoms with Gasteiger partial charge in [-0.25, -0.2) is 0 Å². The number of fused-ring (bicyclic) bond motifs is 1. The summed E-state index contributed by atoms with van der Waals surface area (Å²) in [6.07, 6.45) is 2.49. The molecule has 0 bridgehead atoms. The summed E-state index contributed by atoms with van der Waals surface area (Å²) in [4.78, 5) is 14.9. The molecule has 0 saturated heterocycles. The highest BCUT2D eigenvalue weighted by Gasteiger charge is 2.32. The van der Waals surface area contributed by atoms with Crippen molar-refractivity contribution >= 4 is 17.5 Å². The first-order valence-electron chi connectivity index (χ1n) is 8.62. The van der Waals surface area contributed by atoms with Gasteiger partial charge in [-0.2, -0.15) is 0 Å². The van der Waals surface area contributed by atoms with E-state index in [4.69, 9.17) is 21.1 Å². The molecule has 4 rings (SSSR count). The standard InChI is InChI=1S/C20H20ClNO3/c21-17-10-15(11-18-20(17)25-9-8-24-18)12-19(23)22(16-6-7-16)13-14-4-2-1-3-5-14/h1-5,10-11,16H,6-9,12-13H2. The van der Waals surface area contributed by atoms with Crippen molar-refractivity contribution in [2.75, 3.05) is 13.2 Å². The first kappa shape index (κ1) is 16.3. The lowest BCUT2D eigenvalue weighted by Crippen LogP contribution is -2.33. The minimum absolute atomic E-state index is 0.124. The lowest BCUT2D eigenvalue weighted by Gasteiger charge is -2.24. The lowest BCUT2D eigenvalue weighted by molar-refractivity contribution is -0.131. The molecule has 1 fully saturated rings. The second-order valence-corrected chi connectivity index (χ2v) is 6.92. The minimum atomic E-state index is 0.124. The molecule has 0 N–H and O–H groups in total. The zero-order chi connectivity index (χ0) is 17.2. The van der Waals surface area contributed by atoms with Gasteiger partial charge in [0, 0.05) is 12.6 Å². The third kappa shape index (κ3) is 3.74. The smallest absolute Gasteiger partial charge is 0.227 e. The SMILES string of the molecule is O=C(Cc1cc(Cl)c2c(c1)OCCO2)N(Cc1ccccc1)C1CC1. The molecule has 0 atom stereocenters. The van der Waals surface area contributed by atoms with Crippen molar-refractivity contribution in [2.45, 2.75) is 31.8 Å². The Hall–Kier alpha value is -2.20. The first-order valence-corrected chi connectivity index (χ1v) is 9.00. The fourth-order valence-electron chi connectivity index (χ4n) is 3.13. The molecule has 0 spiro atoms. The van der Waals surface area contributed by atoms with Gasteiger partial charge in [0.05, 0.1) is 11.4 Å². The van der Waals surface area contributed by atoms with E-state index in [-0.39, 0.29) is 5.91 Å². The van der Waals surface area contributed by atoms with Crippen LogP contribution < -0.4 is 9.47 Å². The van der Waals surface area contributed by atoms with Gasteiger partial charge in [-0.3, -0.25) is 4.79 Å². The van der Waals surface area contributed by atoms with Gasteiger partial charge in [-0.05, 0) is 36.1 Å². The van der Waals surface area contributed by atoms with Crippen molar-refractivity contribution in [1.82, 2.24) is 4.90 Å². The highest BCUT2D eigenvalue weighted by Crippen LogP contribution is 2.38. The highest BCUT2D eigenvalue weighted by atomic mass is 35.5. The van der Waals surface area contributed by atoms with Crippen molar-refractivity contribution < 1.29 is 14.3 Å². The van der Waals surface area contributed by atoms with E-state index >= 15 is 0 Å². The average molecular weight is 358 g/mol. The summed E-state index contributed by atoms with van der Waals surface area (Å²) < 4.78 is 11.1. The fourth-order valence-corrected chi connectivity index (χ4v) is 3.42. The third-order valence-corrected chi connectivity index (χ3v) is 4.80. The average Bonchev–Trinajstić information content (AvgIpc) is 3.45. The molecule has 5 heteroatoms. The molecule has 2 aromatic rings. The van der Waals surface area contributed by atoms with Crippen LogP contribution in [0.2, 0.25) is 5.02 Å². The Balaban J connectivity index is 1.51. The van der Waals surface area contributed by atoms with Crippen LogP contribution in [0.4, 0.5) is 0 Å². The Labute approximate surface area is 152 Å². The Bertz CT molecular complexity index is 774. The van der Waals surface area contributed by atoms with Gasteiger partial charge >= 0.3 is 0 Å². The van der Waals surface area contributed by atoms with Crippen molar-refractivity contribution in [1.29, 1.82) is 0 Å². The van der Waals surface area contributed by atoms with E-state index in [9.17, 15) is 4.79 Å². The Kier molecular flexibility index (Phi) is 4.53. The van der Waals surface area contributed by atoms with Gasteiger partial charge in [0.1, 0.15) is 13.2 Å². The van der Waals surface area contributed by atoms with Crippen molar-refractivity contribution in [3.63, 3.8) is 0 Å². The van der Waals surface area contributed by atoms with Gasteiger partial charge in [0.15, 0.2) is 11.5 Å². The Morgan fingerprint density at radius 1 is 1.08 bits per heavy atom. The Morgan fingerprint density at radius 3 is 2.60 bits per heavy atom. The van der Waals surface area contributed by atoms with Crippen molar-refractivity contribution in [2.24, 2.45) is 0 Å². The van der Waals surface area contributed by atoms with Gasteiger partial charge in [-0.15, -0.1) is 0 Å². The van der Waals surface area contributed by atoms with Crippen LogP contribution in [0.25, 0.3) is 0 Å². The zero-order valence-corrected chi connectivity index (χ0v) is 14.7. The molecule has 0 aromatic heterocycles. The number of benzene rings is 2. The lowest BCUT2D eigenvalue weighted by atomic mass is 10.1. The number of ether oxygens (including phenoxy) is 2. The van der Waals surface area contributed by atoms with Crippen molar-refractivity contribution in [3.8, 4) is 11.5 Å². The van der Waals surface area contributed by atoms with E-state index in [1.54, 1.807) is 6.07 Å². The summed E-state index contributed by atoms with van der Waals surface area (Å²) in [5.74, 6) is 1.33. The molecule has 1 amide bonds. The van der Waals surface area contributed by atoms with Crippen LogP contribution in [0.3, 0.4) is 0 Å². The molecule has 130 valence electrons. The molecule has 2 aromatic carbocycles. The van der Waals surface area contributed by atoms with Gasteiger partial charge in [-0.1, -0.05) is 41.9 Å². The van der Waals surface area contributed by atoms with E-state index in [0.717, 1.165) is 24.0 Å². The molecular formula is C20H20ClNO3. The van der Waals surface area contributed by atoms with Crippen LogP contribution in [0.15, 0.2) is 42.5 Å². The summed E-state index contributed by atoms with van der Waals surface area (Å²) in [5, 5.41) is 0.501. The summed E-state index contributed by atoms with van der Waals surface area (Å²) in [5.41, 5.74) is 2.01. The van der Waals surface area contributed by atoms with E-state index in [0.29, 0.717) is 48.7 Å². The molecule has 0 unspecified atom stereocenters. The van der Waals surface area contributed by atoms with E-state index in [1.807, 2.05) is 29.2 Å². The highest BCUT2D eigenvalue weighted by molar-refractivity contribution is 6.32. The van der Waals surface area contributed by atoms with Gasteiger partial charge < -0.3 is 14.4 Å². The maximum atomic E-state index is 12.9. The van der Waals surface area contributed by atoms with Crippen LogP contribution in [0, 0.1) is 0 Å². The second-order valence-electron chi connectivity index (χ2n) is 6.52. The zero-order valence-electron chi connectivity index (χ0n) is 13.9. The van der Waals surface area contributed by atoms with Crippen LogP contribution in [0.5, 0.6) is 11.5 Å². The van der Waals surface area contributed by atoms with Crippen LogP contribution in [-0.4, -0.2) is 30.1 Å². The normalized spacial score (nSPS) is 15.7. The van der Waals surface area contributed by atoms with Crippen LogP contribution in [-0.2, 0) is 17.8 Å². The van der Waals surface area contributed by atoms with E-state index in [1.165, 1.54) is 0 Å². The third-order valence-electron chi connectivity index (χ3n) is 4.52. The summed E-state index contributed by atoms with van der Waals surface area (Å²) in [6.45, 7) is 1.66. The topological polar surface area (TPSA) is 38.8 Å². The summed E-state index contributed by atoms with van der Waals surface area (Å²) in [6, 6.07) is 14.2. The molecule has 1 aliphatic carbocycles. The summed E-state index contributed by atoms with van der Waals surface area (Å²) >= 11 is 6.29. The molecule has 1 saturated carbocycles. The number of carbonyl (C=O) groups excluding carboxylic acids is 1. The van der Waals surface area contributed by atoms with E-state index < -0.39 is 0 Å². The molecule has 1 aliphatic heterocycles. The number of hydrogen-bond acceptors (Lipinski definition) is 3. The molecule has 1 heterocycles. The largest absolute Gasteiger partial charge is 0.486 e. The van der Waals surface area contributed by atoms with Gasteiger partial charge in [0.25, 0.3) is 0 Å². The molecule has 2 aliphatic rings. The van der Waals surface area contributed by atoms with Crippen LogP contribution >= 0.6 is 11.6 Å². The predicted octanol–water partition coefficient (Wildman–Crippen LogP) is 3.84. The van der Waals surface area contributed by atoms with Crippen molar-refractivity contribution in [3.05, 3.63) is 58.6 Å². The Morgan fingerprint density at radius 2 is 1.84 bits per heavy atom. The molecule has 4 nitrogen and oxygen atoms in total. The van der Waals surface area contributed by atoms with Gasteiger partial charge in [0.2, 0.25) is 5.91 Å². The van der Waals surface area contributed by atoms with E-state index in [2.05, 4.69) is 12.1 Å². The number of nitrogens with zero attached hydrogens (tertiary/aromatic N) is 1. The molecular weight excluding hydrogens is 338 g/mol. The number of halogens is 1. The quantitative estimate of drug-likeness (QED) is 0.816. The number of rotatable bonds is 5. The predicted molar refractivity (Wildman–Crippen MR) is 96.2 cm³/mol. The maximum Gasteiger partial charge on any atom is 0.227 e. The minimum Gasteiger partial charge on any atom is -0.486 e. The number of carbonyl (C=O) groups is 1.